The van der Waals surface area contributed by atoms with Gasteiger partial charge in [-0.3, -0.25) is 9.59 Å². The van der Waals surface area contributed by atoms with E-state index in [1.807, 2.05) is 38.2 Å². The van der Waals surface area contributed by atoms with Crippen molar-refractivity contribution in [3.63, 3.8) is 0 Å². The van der Waals surface area contributed by atoms with E-state index in [2.05, 4.69) is 20.6 Å². The molecule has 0 atom stereocenters. The molecule has 3 N–H and O–H groups in total. The molecule has 1 aromatic carbocycles. The predicted molar refractivity (Wildman–Crippen MR) is 116 cm³/mol. The first-order valence-electron chi connectivity index (χ1n) is 9.28. The summed E-state index contributed by atoms with van der Waals surface area (Å²) in [6.07, 6.45) is 2.26. The molecule has 0 fully saturated rings. The standard InChI is InChI=1S/C21H24N4O3.ClH/c1-3-9-28-18-8-7-17-19(25-18)20(26)16(13-23-17)21(27)24-12-15-6-4-5-14(10-15)11-22-2;/h4-8,10,13,22H,3,9,11-12H2,1-2H3,(H,23,26)(H,24,27);1H. The minimum absolute atomic E-state index is 0. The minimum Gasteiger partial charge on any atom is -0.478 e. The highest BCUT2D eigenvalue weighted by Crippen LogP contribution is 2.13. The van der Waals surface area contributed by atoms with Gasteiger partial charge in [0.15, 0.2) is 0 Å². The summed E-state index contributed by atoms with van der Waals surface area (Å²) in [6.45, 7) is 3.59. The first kappa shape index (κ1) is 22.4. The van der Waals surface area contributed by atoms with Crippen molar-refractivity contribution in [1.29, 1.82) is 0 Å². The van der Waals surface area contributed by atoms with E-state index >= 15 is 0 Å². The van der Waals surface area contributed by atoms with Crippen molar-refractivity contribution in [2.45, 2.75) is 26.4 Å². The largest absolute Gasteiger partial charge is 0.478 e. The lowest BCUT2D eigenvalue weighted by Crippen LogP contribution is -2.28. The van der Waals surface area contributed by atoms with E-state index in [4.69, 9.17) is 4.74 Å². The quantitative estimate of drug-likeness (QED) is 0.524. The lowest BCUT2D eigenvalue weighted by Gasteiger charge is -2.08. The number of pyridine rings is 2. The molecule has 3 aromatic rings. The van der Waals surface area contributed by atoms with Gasteiger partial charge in [0.1, 0.15) is 11.1 Å². The summed E-state index contributed by atoms with van der Waals surface area (Å²) in [4.78, 5) is 32.5. The first-order chi connectivity index (χ1) is 13.6. The van der Waals surface area contributed by atoms with Crippen LogP contribution in [0.1, 0.15) is 34.8 Å². The minimum atomic E-state index is -0.441. The van der Waals surface area contributed by atoms with Crippen LogP contribution in [0, 0.1) is 0 Å². The van der Waals surface area contributed by atoms with Crippen LogP contribution in [0.25, 0.3) is 11.0 Å². The fraction of sp³-hybridized carbons (Fsp3) is 0.286. The summed E-state index contributed by atoms with van der Waals surface area (Å²) >= 11 is 0. The molecule has 0 saturated heterocycles. The molecule has 0 aliphatic heterocycles. The van der Waals surface area contributed by atoms with Gasteiger partial charge in [0, 0.05) is 25.4 Å². The molecular formula is C21H25ClN4O3. The molecule has 2 heterocycles. The zero-order chi connectivity index (χ0) is 19.9. The molecule has 2 aromatic heterocycles. The Morgan fingerprint density at radius 3 is 2.66 bits per heavy atom. The number of hydrogen-bond donors (Lipinski definition) is 3. The number of rotatable bonds is 8. The number of aromatic nitrogens is 2. The SMILES string of the molecule is CCCOc1ccc2[nH]cc(C(=O)NCc3cccc(CNC)c3)c(=O)c2n1.Cl. The van der Waals surface area contributed by atoms with Gasteiger partial charge in [-0.05, 0) is 30.7 Å². The maximum atomic E-state index is 12.7. The molecule has 0 aliphatic rings. The van der Waals surface area contributed by atoms with Gasteiger partial charge in [-0.1, -0.05) is 31.2 Å². The third-order valence-corrected chi connectivity index (χ3v) is 4.23. The van der Waals surface area contributed by atoms with Crippen LogP contribution >= 0.6 is 12.4 Å². The van der Waals surface area contributed by atoms with Gasteiger partial charge in [-0.2, -0.15) is 0 Å². The monoisotopic (exact) mass is 416 g/mol. The van der Waals surface area contributed by atoms with Crippen molar-refractivity contribution in [3.8, 4) is 5.88 Å². The average molecular weight is 417 g/mol. The number of ether oxygens (including phenoxy) is 1. The van der Waals surface area contributed by atoms with Crippen LogP contribution in [0.4, 0.5) is 0 Å². The summed E-state index contributed by atoms with van der Waals surface area (Å²) in [7, 11) is 1.88. The van der Waals surface area contributed by atoms with Crippen molar-refractivity contribution in [2.75, 3.05) is 13.7 Å². The Hall–Kier alpha value is -2.90. The third-order valence-electron chi connectivity index (χ3n) is 4.23. The number of fused-ring (bicyclic) bond motifs is 1. The van der Waals surface area contributed by atoms with Crippen molar-refractivity contribution in [1.82, 2.24) is 20.6 Å². The van der Waals surface area contributed by atoms with Gasteiger partial charge in [-0.25, -0.2) is 4.98 Å². The van der Waals surface area contributed by atoms with Gasteiger partial charge < -0.3 is 20.4 Å². The van der Waals surface area contributed by atoms with Gasteiger partial charge >= 0.3 is 0 Å². The fourth-order valence-electron chi connectivity index (χ4n) is 2.86. The number of benzene rings is 1. The fourth-order valence-corrected chi connectivity index (χ4v) is 2.86. The number of carbonyl (C=O) groups is 1. The van der Waals surface area contributed by atoms with Crippen molar-refractivity contribution >= 4 is 29.3 Å². The van der Waals surface area contributed by atoms with Crippen LogP contribution < -0.4 is 20.8 Å². The second kappa shape index (κ2) is 10.6. The average Bonchev–Trinajstić information content (AvgIpc) is 2.71. The van der Waals surface area contributed by atoms with E-state index in [1.165, 1.54) is 6.20 Å². The first-order valence-corrected chi connectivity index (χ1v) is 9.28. The molecule has 0 saturated carbocycles. The summed E-state index contributed by atoms with van der Waals surface area (Å²) in [5.41, 5.74) is 2.45. The van der Waals surface area contributed by atoms with Crippen molar-refractivity contribution in [2.24, 2.45) is 0 Å². The molecule has 29 heavy (non-hydrogen) atoms. The molecular weight excluding hydrogens is 392 g/mol. The highest BCUT2D eigenvalue weighted by Gasteiger charge is 2.14. The van der Waals surface area contributed by atoms with E-state index in [1.54, 1.807) is 12.1 Å². The number of carbonyl (C=O) groups excluding carboxylic acids is 1. The highest BCUT2D eigenvalue weighted by molar-refractivity contribution is 5.96. The summed E-state index contributed by atoms with van der Waals surface area (Å²) in [5.74, 6) is -0.0670. The van der Waals surface area contributed by atoms with E-state index in [0.29, 0.717) is 24.5 Å². The van der Waals surface area contributed by atoms with E-state index < -0.39 is 11.3 Å². The lowest BCUT2D eigenvalue weighted by molar-refractivity contribution is 0.0949. The van der Waals surface area contributed by atoms with Crippen LogP contribution in [0.15, 0.2) is 47.4 Å². The van der Waals surface area contributed by atoms with E-state index in [0.717, 1.165) is 24.1 Å². The van der Waals surface area contributed by atoms with Crippen LogP contribution in [0.3, 0.4) is 0 Å². The van der Waals surface area contributed by atoms with E-state index in [-0.39, 0.29) is 23.5 Å². The van der Waals surface area contributed by atoms with Gasteiger partial charge in [-0.15, -0.1) is 12.4 Å². The van der Waals surface area contributed by atoms with Crippen LogP contribution in [-0.4, -0.2) is 29.5 Å². The predicted octanol–water partition coefficient (Wildman–Crippen LogP) is 2.78. The highest BCUT2D eigenvalue weighted by atomic mass is 35.5. The molecule has 0 aliphatic carbocycles. The Morgan fingerprint density at radius 1 is 1.17 bits per heavy atom. The smallest absolute Gasteiger partial charge is 0.257 e. The number of halogens is 1. The molecule has 154 valence electrons. The molecule has 1 amide bonds. The number of aromatic amines is 1. The number of nitrogens with one attached hydrogen (secondary N) is 3. The van der Waals surface area contributed by atoms with Crippen LogP contribution in [-0.2, 0) is 13.1 Å². The number of nitrogens with zero attached hydrogens (tertiary/aromatic N) is 1. The topological polar surface area (TPSA) is 96.1 Å². The molecule has 7 nitrogen and oxygen atoms in total. The second-order valence-electron chi connectivity index (χ2n) is 6.46. The molecule has 0 bridgehead atoms. The molecule has 3 rings (SSSR count). The third kappa shape index (κ3) is 5.56. The van der Waals surface area contributed by atoms with Crippen molar-refractivity contribution in [3.05, 3.63) is 69.5 Å². The zero-order valence-electron chi connectivity index (χ0n) is 16.5. The Balaban J connectivity index is 0.00000300. The number of hydrogen-bond acceptors (Lipinski definition) is 5. The van der Waals surface area contributed by atoms with E-state index in [9.17, 15) is 9.59 Å². The second-order valence-corrected chi connectivity index (χ2v) is 6.46. The summed E-state index contributed by atoms with van der Waals surface area (Å²) in [6, 6.07) is 11.3. The number of amides is 1. The molecule has 0 unspecified atom stereocenters. The Labute approximate surface area is 175 Å². The maximum Gasteiger partial charge on any atom is 0.257 e. The Kier molecular flexibility index (Phi) is 8.18. The number of H-pyrrole nitrogens is 1. The van der Waals surface area contributed by atoms with Gasteiger partial charge in [0.2, 0.25) is 11.3 Å². The molecule has 8 heteroatoms. The molecule has 0 radical (unpaired) electrons. The lowest BCUT2D eigenvalue weighted by atomic mass is 10.1. The normalized spacial score (nSPS) is 10.4. The Morgan fingerprint density at radius 2 is 1.93 bits per heavy atom. The van der Waals surface area contributed by atoms with Gasteiger partial charge in [0.05, 0.1) is 12.1 Å². The maximum absolute atomic E-state index is 12.7. The molecule has 0 spiro atoms. The summed E-state index contributed by atoms with van der Waals surface area (Å²) in [5, 5.41) is 5.89. The van der Waals surface area contributed by atoms with Crippen molar-refractivity contribution < 1.29 is 9.53 Å². The zero-order valence-corrected chi connectivity index (χ0v) is 17.3. The van der Waals surface area contributed by atoms with Crippen LogP contribution in [0.5, 0.6) is 5.88 Å². The Bertz CT molecular complexity index is 1040. The van der Waals surface area contributed by atoms with Gasteiger partial charge in [0.25, 0.3) is 5.91 Å². The van der Waals surface area contributed by atoms with Crippen LogP contribution in [0.2, 0.25) is 0 Å². The summed E-state index contributed by atoms with van der Waals surface area (Å²) < 4.78 is 5.49.